The van der Waals surface area contributed by atoms with Crippen molar-refractivity contribution in [1.82, 2.24) is 42.4 Å². The Balaban J connectivity index is 0.000000142. The van der Waals surface area contributed by atoms with Gasteiger partial charge in [0.15, 0.2) is 0 Å². The van der Waals surface area contributed by atoms with E-state index in [1.807, 2.05) is 37.2 Å². The van der Waals surface area contributed by atoms with E-state index < -0.39 is 0 Å². The molecule has 23 aromatic rings. The quantitative estimate of drug-likeness (QED) is 0.145. The van der Waals surface area contributed by atoms with E-state index in [0.29, 0.717) is 0 Å². The lowest BCUT2D eigenvalue weighted by molar-refractivity contribution is 1.15. The van der Waals surface area contributed by atoms with Gasteiger partial charge in [-0.3, -0.25) is 15.0 Å². The van der Waals surface area contributed by atoms with Crippen LogP contribution in [0.2, 0.25) is 0 Å². The standard InChI is InChI=1S/C60H39N3.C39H24N6/c1-4-19-40(20-5-1)43-25-16-28-46(37-43)61-52-34-13-10-31-49(52)55-58(61)56-50-32-11-14-35-53(50)62(47-29-17-26-44(38-47)41-21-6-2-7-22-41)60(56)57-51-33-12-15-36-54(51)63(59(55)57)48-30-18-27-45(39-48)42-23-8-3-9-24-42;1-4-10-31-28(7-1)34-37(43(31)25-13-19-40-20-14-25)35-30-9-3-6-12-33(30)45(27-17-23-42-24-18-27)39(35)36-29-8-2-5-11-32(29)44(38(34)36)26-15-21-41-22-16-26/h1-39H;1-24H. The zero-order valence-corrected chi connectivity index (χ0v) is 58.4. The number of pyridine rings is 3. The number of hydrogen-bond acceptors (Lipinski definition) is 3. The van der Waals surface area contributed by atoms with Gasteiger partial charge in [-0.2, -0.15) is 0 Å². The Bertz CT molecular complexity index is 6740. The summed E-state index contributed by atoms with van der Waals surface area (Å²) in [5.74, 6) is 0. The van der Waals surface area contributed by atoms with Crippen molar-refractivity contribution in [2.45, 2.75) is 0 Å². The highest BCUT2D eigenvalue weighted by atomic mass is 15.1. The summed E-state index contributed by atoms with van der Waals surface area (Å²) < 4.78 is 14.9. The molecule has 504 valence electrons. The van der Waals surface area contributed by atoms with Crippen molar-refractivity contribution < 1.29 is 0 Å². The zero-order chi connectivity index (χ0) is 70.9. The summed E-state index contributed by atoms with van der Waals surface area (Å²) in [5.41, 5.74) is 27.8. The minimum Gasteiger partial charge on any atom is -0.308 e. The number of para-hydroxylation sites is 6. The summed E-state index contributed by atoms with van der Waals surface area (Å²) in [6.07, 6.45) is 11.2. The van der Waals surface area contributed by atoms with Crippen LogP contribution >= 0.6 is 0 Å². The molecule has 0 unspecified atom stereocenters. The van der Waals surface area contributed by atoms with E-state index in [9.17, 15) is 0 Å². The highest BCUT2D eigenvalue weighted by Crippen LogP contribution is 2.53. The second-order valence-corrected chi connectivity index (χ2v) is 27.8. The number of hydrogen-bond donors (Lipinski definition) is 0. The largest absolute Gasteiger partial charge is 0.308 e. The van der Waals surface area contributed by atoms with E-state index >= 15 is 0 Å². The molecule has 9 heterocycles. The van der Waals surface area contributed by atoms with Crippen LogP contribution in [-0.2, 0) is 0 Å². The smallest absolute Gasteiger partial charge is 0.0663 e. The maximum Gasteiger partial charge on any atom is 0.0663 e. The van der Waals surface area contributed by atoms with Gasteiger partial charge in [0.25, 0.3) is 0 Å². The van der Waals surface area contributed by atoms with Gasteiger partial charge in [0.2, 0.25) is 0 Å². The molecule has 0 aliphatic carbocycles. The molecule has 9 aromatic heterocycles. The van der Waals surface area contributed by atoms with E-state index in [-0.39, 0.29) is 0 Å². The number of nitrogens with zero attached hydrogens (tertiary/aromatic N) is 9. The molecule has 0 bridgehead atoms. The summed E-state index contributed by atoms with van der Waals surface area (Å²) in [6.45, 7) is 0. The summed E-state index contributed by atoms with van der Waals surface area (Å²) in [5, 5.41) is 14.6. The van der Waals surface area contributed by atoms with Gasteiger partial charge in [-0.05, 0) is 143 Å². The van der Waals surface area contributed by atoms with Crippen molar-refractivity contribution in [3.05, 3.63) is 383 Å². The van der Waals surface area contributed by atoms with Gasteiger partial charge in [0.05, 0.1) is 66.2 Å². The molecule has 0 amide bonds. The van der Waals surface area contributed by atoms with E-state index in [4.69, 9.17) is 0 Å². The molecule has 14 aromatic carbocycles. The summed E-state index contributed by atoms with van der Waals surface area (Å²) in [7, 11) is 0. The molecule has 0 saturated heterocycles. The molecule has 0 saturated carbocycles. The van der Waals surface area contributed by atoms with Crippen LogP contribution < -0.4 is 0 Å². The maximum absolute atomic E-state index is 4.37. The van der Waals surface area contributed by atoms with E-state index in [0.717, 1.165) is 50.7 Å². The molecule has 0 aliphatic heterocycles. The van der Waals surface area contributed by atoms with Gasteiger partial charge in [-0.1, -0.05) is 237 Å². The second kappa shape index (κ2) is 24.5. The lowest BCUT2D eigenvalue weighted by Gasteiger charge is -2.15. The molecule has 108 heavy (non-hydrogen) atoms. The first-order valence-corrected chi connectivity index (χ1v) is 36.7. The molecule has 9 nitrogen and oxygen atoms in total. The first-order chi connectivity index (χ1) is 53.7. The Hall–Kier alpha value is -14.7. The first-order valence-electron chi connectivity index (χ1n) is 36.7. The van der Waals surface area contributed by atoms with Crippen molar-refractivity contribution in [2.75, 3.05) is 0 Å². The zero-order valence-electron chi connectivity index (χ0n) is 58.4. The average molecular weight is 1380 g/mol. The lowest BCUT2D eigenvalue weighted by atomic mass is 10.0. The highest BCUT2D eigenvalue weighted by molar-refractivity contribution is 6.42. The van der Waals surface area contributed by atoms with Crippen molar-refractivity contribution in [2.24, 2.45) is 0 Å². The Kier molecular flexibility index (Phi) is 13.8. The third kappa shape index (κ3) is 9.15. The van der Waals surface area contributed by atoms with E-state index in [1.54, 1.807) is 0 Å². The Labute approximate surface area is 619 Å². The third-order valence-corrected chi connectivity index (χ3v) is 22.1. The van der Waals surface area contributed by atoms with Gasteiger partial charge >= 0.3 is 0 Å². The van der Waals surface area contributed by atoms with Gasteiger partial charge in [0.1, 0.15) is 0 Å². The fourth-order valence-corrected chi connectivity index (χ4v) is 17.8. The van der Waals surface area contributed by atoms with Crippen LogP contribution in [0, 0.1) is 0 Å². The van der Waals surface area contributed by atoms with Crippen LogP contribution in [0.4, 0.5) is 0 Å². The fourth-order valence-electron chi connectivity index (χ4n) is 17.8. The summed E-state index contributed by atoms with van der Waals surface area (Å²) >= 11 is 0. The molecular formula is C99H63N9. The van der Waals surface area contributed by atoms with Crippen molar-refractivity contribution in [1.29, 1.82) is 0 Å². The predicted molar refractivity (Wildman–Crippen MR) is 449 cm³/mol. The van der Waals surface area contributed by atoms with E-state index in [2.05, 4.69) is 388 Å². The van der Waals surface area contributed by atoms with Crippen LogP contribution in [0.5, 0.6) is 0 Å². The molecular weight excluding hydrogens is 1320 g/mol. The molecule has 9 heteroatoms. The molecule has 23 rings (SSSR count). The van der Waals surface area contributed by atoms with Crippen molar-refractivity contribution in [3.8, 4) is 67.5 Å². The fraction of sp³-hybridized carbons (Fsp3) is 0. The van der Waals surface area contributed by atoms with E-state index in [1.165, 1.54) is 148 Å². The predicted octanol–water partition coefficient (Wildman–Crippen LogP) is 25.1. The van der Waals surface area contributed by atoms with Crippen LogP contribution in [0.1, 0.15) is 0 Å². The van der Waals surface area contributed by atoms with Gasteiger partial charge in [-0.15, -0.1) is 0 Å². The Morgan fingerprint density at radius 3 is 0.556 bits per heavy atom. The normalized spacial score (nSPS) is 11.9. The third-order valence-electron chi connectivity index (χ3n) is 22.1. The second-order valence-electron chi connectivity index (χ2n) is 27.8. The van der Waals surface area contributed by atoms with Crippen LogP contribution in [0.25, 0.3) is 198 Å². The number of rotatable bonds is 9. The molecule has 0 atom stereocenters. The molecule has 0 spiro atoms. The average Bonchev–Trinajstić information content (AvgIpc) is 1.51. The topological polar surface area (TPSA) is 68.2 Å². The van der Waals surface area contributed by atoms with Gasteiger partial charge in [0, 0.05) is 136 Å². The molecule has 0 radical (unpaired) electrons. The van der Waals surface area contributed by atoms with Crippen LogP contribution in [0.3, 0.4) is 0 Å². The van der Waals surface area contributed by atoms with Crippen molar-refractivity contribution >= 4 is 131 Å². The minimum absolute atomic E-state index is 1.07. The van der Waals surface area contributed by atoms with Crippen LogP contribution in [0.15, 0.2) is 383 Å². The Morgan fingerprint density at radius 1 is 0.148 bits per heavy atom. The van der Waals surface area contributed by atoms with Crippen LogP contribution in [-0.4, -0.2) is 42.4 Å². The monoisotopic (exact) mass is 1380 g/mol. The maximum atomic E-state index is 4.37. The Morgan fingerprint density at radius 2 is 0.333 bits per heavy atom. The summed E-state index contributed by atoms with van der Waals surface area (Å²) in [4.78, 5) is 13.1. The number of benzene rings is 14. The molecule has 0 fully saturated rings. The SMILES string of the molecule is c1ccc(-c2cccc(-n3c4ccccc4c4c3c3c5ccccc5n(-c5cccc(-c6ccccc6)c5)c3c3c5ccccc5n(-c5cccc(-c6ccccc6)c5)c43)c2)cc1.c1ccc2c(c1)c1c(c3c4ccccc4n(-c4ccncc4)c3c3c4ccccc4n(-c4ccncc4)c13)n2-c1ccncc1. The number of aromatic nitrogens is 9. The van der Waals surface area contributed by atoms with Crippen molar-refractivity contribution in [3.63, 3.8) is 0 Å². The summed E-state index contributed by atoms with van der Waals surface area (Å²) in [6, 6.07) is 125. The molecule has 0 aliphatic rings. The van der Waals surface area contributed by atoms with Gasteiger partial charge in [-0.25, -0.2) is 0 Å². The lowest BCUT2D eigenvalue weighted by Crippen LogP contribution is -1.98. The minimum atomic E-state index is 1.07. The highest BCUT2D eigenvalue weighted by Gasteiger charge is 2.32. The molecule has 0 N–H and O–H groups in total. The first kappa shape index (κ1) is 60.9. The van der Waals surface area contributed by atoms with Gasteiger partial charge < -0.3 is 27.4 Å². The number of fused-ring (bicyclic) bond motifs is 24.